The van der Waals surface area contributed by atoms with Crippen LogP contribution < -0.4 is 4.98 Å². The van der Waals surface area contributed by atoms with E-state index in [1.807, 2.05) is 26.0 Å². The van der Waals surface area contributed by atoms with E-state index in [0.29, 0.717) is 65.2 Å². The van der Waals surface area contributed by atoms with Crippen LogP contribution in [0, 0.1) is 24.7 Å². The molecule has 0 aliphatic rings. The molecule has 3 aromatic rings. The fourth-order valence-electron chi connectivity index (χ4n) is 4.30. The van der Waals surface area contributed by atoms with Crippen molar-refractivity contribution in [1.82, 2.24) is 4.98 Å². The summed E-state index contributed by atoms with van der Waals surface area (Å²) in [5.74, 6) is 2.17. The molecule has 0 aliphatic heterocycles. The molecule has 0 atom stereocenters. The van der Waals surface area contributed by atoms with Crippen LogP contribution in [0.3, 0.4) is 0 Å². The van der Waals surface area contributed by atoms with E-state index in [1.165, 1.54) is 33.6 Å². The third-order valence-corrected chi connectivity index (χ3v) is 14.2. The maximum Gasteiger partial charge on any atom is -0.0607 e. The fourth-order valence-corrected chi connectivity index (χ4v) is 7.67. The summed E-state index contributed by atoms with van der Waals surface area (Å²) < 4.78 is 117. The number of nitrogens with zero attached hydrogens (tertiary/aromatic N) is 3. The summed E-state index contributed by atoms with van der Waals surface area (Å²) in [5, 5.41) is 24.7. The first-order valence-electron chi connectivity index (χ1n) is 22.6. The van der Waals surface area contributed by atoms with Crippen LogP contribution in [0.5, 0.6) is 0 Å². The Balaban J connectivity index is -0.000000803. The second kappa shape index (κ2) is 29.4. The summed E-state index contributed by atoms with van der Waals surface area (Å²) in [6.07, 6.45) is -13.5. The van der Waals surface area contributed by atoms with E-state index in [-0.39, 0.29) is 10.8 Å². The van der Waals surface area contributed by atoms with Crippen molar-refractivity contribution in [3.05, 3.63) is 82.2 Å². The number of hydrogen-bond acceptors (Lipinski definition) is 5. The minimum absolute atomic E-state index is 0.288. The molecule has 400 valence electrons. The number of aliphatic hydroxyl groups is 3. The van der Waals surface area contributed by atoms with Crippen LogP contribution in [0.4, 0.5) is 50.9 Å². The molecule has 69 heavy (non-hydrogen) atoms. The quantitative estimate of drug-likeness (QED) is 0.169. The van der Waals surface area contributed by atoms with E-state index in [1.54, 1.807) is 0 Å². The van der Waals surface area contributed by atoms with E-state index in [0.717, 1.165) is 11.4 Å². The number of halogens is 9. The Morgan fingerprint density at radius 2 is 0.609 bits per heavy atom. The zero-order valence-corrected chi connectivity index (χ0v) is 49.0. The van der Waals surface area contributed by atoms with E-state index in [9.17, 15) is 39.5 Å². The van der Waals surface area contributed by atoms with Crippen LogP contribution in [0.2, 0.25) is 0 Å². The van der Waals surface area contributed by atoms with Crippen molar-refractivity contribution in [3.63, 3.8) is 0 Å². The predicted octanol–water partition coefficient (Wildman–Crippen LogP) is 16.6. The van der Waals surface area contributed by atoms with Crippen LogP contribution in [0.25, 0.3) is 0 Å². The topological polar surface area (TPSA) is 99.5 Å². The molecule has 3 rings (SSSR count). The molecule has 6 nitrogen and oxygen atoms in total. The van der Waals surface area contributed by atoms with E-state index < -0.39 is 71.2 Å². The second-order valence-electron chi connectivity index (χ2n) is 21.4. The average Bonchev–Trinajstić information content (AvgIpc) is 3.50. The monoisotopic (exact) mass is 1160 g/mol. The number of hydrogen-bond donors (Lipinski definition) is 3. The van der Waals surface area contributed by atoms with Gasteiger partial charge >= 0.3 is 272 Å². The number of aromatic nitrogens is 1. The average molecular weight is 1160 g/mol. The molecule has 0 saturated carbocycles. The van der Waals surface area contributed by atoms with E-state index >= 15 is 0 Å². The Morgan fingerprint density at radius 3 is 0.725 bits per heavy atom. The molecule has 0 unspecified atom stereocenters. The Morgan fingerprint density at radius 1 is 0.420 bits per heavy atom. The summed E-state index contributed by atoms with van der Waals surface area (Å²) in [6, 6.07) is 17.3. The summed E-state index contributed by atoms with van der Waals surface area (Å²) >= 11 is -0.830. The van der Waals surface area contributed by atoms with Gasteiger partial charge in [-0.1, -0.05) is 26.0 Å². The standard InChI is InChI=1S/2C12H17N.C6H8N.2C5H10.3C4H7F3O.2Mo/c2*1-8(2)10-6-5-7-11(9(3)4)12(10)13;1-5-3-4-6(2)7-5;2*1-5(2,3)4;3*1-3(2,8)4(5,6)7;;/h2*5-9H,1-4H3;3-4H,1-2H3;2*1H,2-4H3;3*8H,1-2H3;;/q;;-1;;;;;;;. The molecule has 0 bridgehead atoms. The molecule has 17 heteroatoms. The zero-order valence-electron chi connectivity index (χ0n) is 45.0. The number of rotatable bonds is 6. The molecule has 1 aromatic heterocycles. The molecule has 0 aliphatic carbocycles. The van der Waals surface area contributed by atoms with Gasteiger partial charge in [-0.2, -0.15) is 50.9 Å². The first-order valence-corrected chi connectivity index (χ1v) is 26.7. The molecular weight excluding hydrogens is 1080 g/mol. The SMILES string of the molecule is CC(C)(O)C(F)(F)F.CC(C)(O)C(F)(F)F.CC(C)(O)C(F)(F)F.CC(C)c1cccc(C(C)C)c1[N]=[Mo]=[CH]C(C)(C)C.CC(C)c1cccc(C(C)C)c1[N]=[Mo]=[CH]C(C)(C)C.Cc1ccc(C)[n-]1. The molecular formula is C52H83F9Mo2N3O3-. The van der Waals surface area contributed by atoms with E-state index in [4.69, 9.17) is 22.3 Å². The molecule has 0 spiro atoms. The van der Waals surface area contributed by atoms with Crippen molar-refractivity contribution in [2.45, 2.75) is 211 Å². The van der Waals surface area contributed by atoms with Gasteiger partial charge in [-0.3, -0.25) is 0 Å². The van der Waals surface area contributed by atoms with Gasteiger partial charge in [0.05, 0.1) is 0 Å². The molecule has 0 fully saturated rings. The summed E-state index contributed by atoms with van der Waals surface area (Å²) in [5.41, 5.74) is 3.26. The van der Waals surface area contributed by atoms with Crippen molar-refractivity contribution in [1.29, 1.82) is 0 Å². The van der Waals surface area contributed by atoms with Gasteiger partial charge in [0.2, 0.25) is 0 Å². The minimum Gasteiger partial charge on any atom is -0.665 e. The minimum atomic E-state index is -4.51. The maximum absolute atomic E-state index is 11.3. The van der Waals surface area contributed by atoms with Crippen molar-refractivity contribution in [2.24, 2.45) is 17.8 Å². The van der Waals surface area contributed by atoms with Gasteiger partial charge in [-0.15, -0.1) is 0 Å². The van der Waals surface area contributed by atoms with Gasteiger partial charge in [0.1, 0.15) is 0 Å². The van der Waals surface area contributed by atoms with Gasteiger partial charge in [-0.05, 0) is 41.5 Å². The molecule has 3 N–H and O–H groups in total. The largest absolute Gasteiger partial charge is 0.665 e. The van der Waals surface area contributed by atoms with Crippen LogP contribution in [-0.2, 0) is 35.8 Å². The van der Waals surface area contributed by atoms with Gasteiger partial charge < -0.3 is 20.3 Å². The van der Waals surface area contributed by atoms with Crippen molar-refractivity contribution in [2.75, 3.05) is 0 Å². The van der Waals surface area contributed by atoms with Crippen molar-refractivity contribution >= 4 is 20.2 Å². The number of benzene rings is 2. The summed E-state index contributed by atoms with van der Waals surface area (Å²) in [7, 11) is 0. The third kappa shape index (κ3) is 31.7. The molecule has 2 aromatic carbocycles. The zero-order chi connectivity index (χ0) is 55.5. The molecule has 0 amide bonds. The Labute approximate surface area is 424 Å². The predicted molar refractivity (Wildman–Crippen MR) is 261 cm³/mol. The Kier molecular flexibility index (Phi) is 30.2. The first-order chi connectivity index (χ1) is 30.5. The number of alkyl halides is 9. The van der Waals surface area contributed by atoms with Gasteiger partial charge in [0, 0.05) is 0 Å². The molecule has 1 heterocycles. The second-order valence-corrected chi connectivity index (χ2v) is 24.5. The first kappa shape index (κ1) is 70.9. The van der Waals surface area contributed by atoms with Crippen LogP contribution in [0.15, 0.2) is 55.5 Å². The van der Waals surface area contributed by atoms with Gasteiger partial charge in [0.15, 0.2) is 16.8 Å². The normalized spacial score (nSPS) is 12.4. The van der Waals surface area contributed by atoms with Crippen molar-refractivity contribution in [3.8, 4) is 0 Å². The molecule has 0 saturated heterocycles. The van der Waals surface area contributed by atoms with E-state index in [2.05, 4.69) is 147 Å². The fraction of sp³-hybridized carbons (Fsp3) is 0.654. The van der Waals surface area contributed by atoms with Gasteiger partial charge in [0.25, 0.3) is 0 Å². The summed E-state index contributed by atoms with van der Waals surface area (Å²) in [4.78, 5) is 4.11. The third-order valence-electron chi connectivity index (χ3n) is 8.79. The smallest absolute Gasteiger partial charge is 0.0607 e. The van der Waals surface area contributed by atoms with Crippen LogP contribution in [0.1, 0.15) is 196 Å². The van der Waals surface area contributed by atoms with Crippen LogP contribution in [-0.4, -0.2) is 59.5 Å². The van der Waals surface area contributed by atoms with Crippen molar-refractivity contribution < 1.29 is 90.7 Å². The Hall–Kier alpha value is -2.31. The Bertz CT molecular complexity index is 1820. The maximum atomic E-state index is 11.3. The van der Waals surface area contributed by atoms with Gasteiger partial charge in [-0.25, -0.2) is 0 Å². The molecule has 0 radical (unpaired) electrons. The van der Waals surface area contributed by atoms with Crippen LogP contribution >= 0.6 is 0 Å². The summed E-state index contributed by atoms with van der Waals surface area (Å²) in [6.45, 7) is 39.8. The number of aryl methyl sites for hydroxylation is 2.